The number of nitrogens with zero attached hydrogens (tertiary/aromatic N) is 3. The van der Waals surface area contributed by atoms with Gasteiger partial charge in [-0.3, -0.25) is 42.4 Å². The number of alkyl halides is 2. The third kappa shape index (κ3) is 10.3. The molecule has 4 saturated heterocycles. The molecule has 0 unspecified atom stereocenters. The summed E-state index contributed by atoms with van der Waals surface area (Å²) < 4.78 is 66.8. The fourth-order valence-corrected chi connectivity index (χ4v) is 10.9. The van der Waals surface area contributed by atoms with Crippen LogP contribution in [0.4, 0.5) is 8.78 Å². The minimum Gasteiger partial charge on any atom is -0.438 e. The molecule has 0 bridgehead atoms. The Morgan fingerprint density at radius 3 is 2.02 bits per heavy atom. The van der Waals surface area contributed by atoms with Gasteiger partial charge in [0.15, 0.2) is 0 Å². The van der Waals surface area contributed by atoms with E-state index >= 15 is 8.78 Å². The van der Waals surface area contributed by atoms with Crippen molar-refractivity contribution < 1.29 is 60.6 Å². The van der Waals surface area contributed by atoms with Gasteiger partial charge in [-0.2, -0.15) is 8.78 Å². The van der Waals surface area contributed by atoms with Crippen molar-refractivity contribution in [3.05, 3.63) is 70.6 Å². The van der Waals surface area contributed by atoms with Crippen molar-refractivity contribution in [2.45, 2.75) is 110 Å². The highest BCUT2D eigenvalue weighted by Crippen LogP contribution is 2.67. The lowest BCUT2D eigenvalue weighted by atomic mass is 9.72. The third-order valence-electron chi connectivity index (χ3n) is 12.4. The van der Waals surface area contributed by atoms with E-state index in [2.05, 4.69) is 5.32 Å². The van der Waals surface area contributed by atoms with Gasteiger partial charge in [0.2, 0.25) is 31.3 Å². The van der Waals surface area contributed by atoms with Gasteiger partial charge in [0.1, 0.15) is 12.1 Å². The summed E-state index contributed by atoms with van der Waals surface area (Å²) in [5.74, 6) is -2.64. The first-order valence-electron chi connectivity index (χ1n) is 21.9. The summed E-state index contributed by atoms with van der Waals surface area (Å²) in [6.45, 7) is 9.07. The number of hydrogen-bond acceptors (Lipinski definition) is 12. The number of carbonyl (C=O) groups excluding carboxylic acids is 6. The van der Waals surface area contributed by atoms with Crippen molar-refractivity contribution >= 4 is 64.6 Å². The van der Waals surface area contributed by atoms with E-state index in [4.69, 9.17) is 18.5 Å². The molecule has 1 N–H and O–H groups in total. The summed E-state index contributed by atoms with van der Waals surface area (Å²) in [7, 11) is -5.59. The minimum absolute atomic E-state index is 0.0571. The van der Waals surface area contributed by atoms with Gasteiger partial charge in [0.05, 0.1) is 22.1 Å². The molecule has 3 aromatic rings. The zero-order chi connectivity index (χ0) is 47.1. The number of rotatable bonds is 13. The number of nitrogens with one attached hydrogen (secondary N) is 1. The molecule has 3 atom stereocenters. The monoisotopic (exact) mass is 942 g/mol. The normalized spacial score (nSPS) is 21.2. The Balaban J connectivity index is 1.00. The lowest BCUT2D eigenvalue weighted by Crippen LogP contribution is -2.75. The third-order valence-corrected chi connectivity index (χ3v) is 15.3. The van der Waals surface area contributed by atoms with Crippen LogP contribution in [0.5, 0.6) is 0 Å². The summed E-state index contributed by atoms with van der Waals surface area (Å²) in [6.07, 6.45) is 4.08. The second-order valence-electron chi connectivity index (χ2n) is 19.7. The average molecular weight is 943 g/mol. The van der Waals surface area contributed by atoms with Gasteiger partial charge in [-0.1, -0.05) is 49.2 Å². The Morgan fingerprint density at radius 2 is 1.40 bits per heavy atom. The van der Waals surface area contributed by atoms with E-state index in [0.717, 1.165) is 41.9 Å². The molecule has 352 valence electrons. The zero-order valence-corrected chi connectivity index (χ0v) is 39.3. The van der Waals surface area contributed by atoms with E-state index in [1.54, 1.807) is 9.80 Å². The second-order valence-corrected chi connectivity index (χ2v) is 22.8. The molecule has 5 heterocycles. The number of thiophene rings is 1. The van der Waals surface area contributed by atoms with Crippen molar-refractivity contribution in [2.24, 2.45) is 16.2 Å². The van der Waals surface area contributed by atoms with E-state index in [0.29, 0.717) is 63.0 Å². The number of likely N-dealkylation sites (tertiary alicyclic amines) is 2. The Bertz CT molecular complexity index is 2330. The average Bonchev–Trinajstić information content (AvgIpc) is 3.84. The van der Waals surface area contributed by atoms with Gasteiger partial charge in [-0.05, 0) is 96.4 Å². The Labute approximate surface area is 381 Å². The maximum atomic E-state index is 16.3. The van der Waals surface area contributed by atoms with E-state index in [9.17, 15) is 33.3 Å². The predicted molar refractivity (Wildman–Crippen MR) is 235 cm³/mol. The molecule has 4 aliphatic heterocycles. The first-order valence-corrected chi connectivity index (χ1v) is 24.3. The van der Waals surface area contributed by atoms with Crippen molar-refractivity contribution in [1.82, 2.24) is 20.0 Å². The van der Waals surface area contributed by atoms with Crippen LogP contribution < -0.4 is 5.32 Å². The summed E-state index contributed by atoms with van der Waals surface area (Å²) in [4.78, 5) is 85.0. The summed E-state index contributed by atoms with van der Waals surface area (Å²) >= 11 is 1.01. The zero-order valence-electron chi connectivity index (χ0n) is 37.6. The van der Waals surface area contributed by atoms with Crippen LogP contribution >= 0.6 is 18.9 Å². The standard InChI is InChI=1S/C46H57F2N4O11PS/c1-43(2,3)41(57)60-27-62-64(59,63-28-61-42(58)44(4,5)6)46(47,48)31-16-19-35-30(21-31)22-36(65-35)38(54)49-33-15-11-10-14-32-17-18-34(52(32)39(33)55)40(56)51-25-45(26-51)23-50(24-45)37(53)20-29-12-8-7-9-13-29/h7-9,12-13,16,19,21-22,32-34H,10-11,14-15,17-18,20,23-28H2,1-6H3,(H,49,54)/t32-,33-,34-/m0/s1. The smallest absolute Gasteiger partial charge is 0.410 e. The van der Waals surface area contributed by atoms with E-state index < -0.39 is 73.2 Å². The minimum atomic E-state index is -5.59. The van der Waals surface area contributed by atoms with Crippen LogP contribution in [-0.2, 0) is 59.1 Å². The lowest BCUT2D eigenvalue weighted by molar-refractivity contribution is -0.172. The molecular formula is C46H57F2N4O11PS. The molecule has 0 saturated carbocycles. The maximum absolute atomic E-state index is 16.3. The van der Waals surface area contributed by atoms with Crippen LogP contribution in [0.25, 0.3) is 10.1 Å². The first-order chi connectivity index (χ1) is 30.5. The van der Waals surface area contributed by atoms with Gasteiger partial charge in [0.25, 0.3) is 5.91 Å². The molecule has 0 radical (unpaired) electrons. The number of hydrogen-bond donors (Lipinski definition) is 1. The predicted octanol–water partition coefficient (Wildman–Crippen LogP) is 7.22. The molecule has 7 rings (SSSR count). The fraction of sp³-hybridized carbons (Fsp3) is 0.565. The highest BCUT2D eigenvalue weighted by Gasteiger charge is 2.58. The molecule has 65 heavy (non-hydrogen) atoms. The second kappa shape index (κ2) is 18.5. The molecule has 0 aliphatic carbocycles. The van der Waals surface area contributed by atoms with Crippen molar-refractivity contribution in [3.63, 3.8) is 0 Å². The van der Waals surface area contributed by atoms with Crippen LogP contribution in [-0.4, -0.2) is 108 Å². The molecule has 15 nitrogen and oxygen atoms in total. The number of halogens is 2. The molecule has 1 spiro atoms. The number of ether oxygens (including phenoxy) is 2. The van der Waals surface area contributed by atoms with Crippen molar-refractivity contribution in [3.8, 4) is 0 Å². The van der Waals surface area contributed by atoms with E-state index in [1.165, 1.54) is 53.7 Å². The number of amides is 4. The van der Waals surface area contributed by atoms with Gasteiger partial charge in [-0.25, -0.2) is 0 Å². The molecular weight excluding hydrogens is 886 g/mol. The number of fused-ring (bicyclic) bond motifs is 2. The van der Waals surface area contributed by atoms with Crippen molar-refractivity contribution in [2.75, 3.05) is 39.8 Å². The Kier molecular flexibility index (Phi) is 13.7. The maximum Gasteiger partial charge on any atom is 0.410 e. The summed E-state index contributed by atoms with van der Waals surface area (Å²) in [5.41, 5.74) is -6.42. The van der Waals surface area contributed by atoms with E-state index in [1.807, 2.05) is 35.2 Å². The number of carbonyl (C=O) groups is 6. The highest BCUT2D eigenvalue weighted by atomic mass is 32.1. The van der Waals surface area contributed by atoms with Crippen LogP contribution in [0, 0.1) is 16.2 Å². The van der Waals surface area contributed by atoms with Gasteiger partial charge in [0, 0.05) is 47.9 Å². The van der Waals surface area contributed by atoms with Gasteiger partial charge in [-0.15, -0.1) is 11.3 Å². The molecule has 2 aromatic carbocycles. The van der Waals surface area contributed by atoms with Crippen LogP contribution in [0.1, 0.15) is 101 Å². The summed E-state index contributed by atoms with van der Waals surface area (Å²) in [5, 5.41) is 3.06. The van der Waals surface area contributed by atoms with Crippen LogP contribution in [0.2, 0.25) is 0 Å². The number of esters is 2. The number of benzene rings is 2. The van der Waals surface area contributed by atoms with E-state index in [-0.39, 0.29) is 39.4 Å². The van der Waals surface area contributed by atoms with Crippen molar-refractivity contribution in [1.29, 1.82) is 0 Å². The molecule has 1 aromatic heterocycles. The fourth-order valence-electron chi connectivity index (χ4n) is 8.72. The molecule has 4 fully saturated rings. The van der Waals surface area contributed by atoms with Crippen LogP contribution in [0.15, 0.2) is 54.6 Å². The van der Waals surface area contributed by atoms with Gasteiger partial charge < -0.3 is 29.5 Å². The topological polar surface area (TPSA) is 178 Å². The Hall–Kier alpha value is -4.77. The highest BCUT2D eigenvalue weighted by molar-refractivity contribution is 7.54. The largest absolute Gasteiger partial charge is 0.438 e. The quantitative estimate of drug-likeness (QED) is 0.104. The molecule has 19 heteroatoms. The summed E-state index contributed by atoms with van der Waals surface area (Å²) in [6, 6.07) is 12.6. The van der Waals surface area contributed by atoms with Gasteiger partial charge >= 0.3 is 25.2 Å². The molecule has 4 aliphatic rings. The SMILES string of the molecule is CC(C)(C)C(=O)OCOP(=O)(OCOC(=O)C(C)(C)C)C(F)(F)c1ccc2sc(C(=O)N[C@H]3CCCC[C@H]4CC[C@@H](C(=O)N5CC6(CN(C(=O)Cc7ccccc7)C6)C5)N4C3=O)cc2c1. The first kappa shape index (κ1) is 48.2. The lowest BCUT2D eigenvalue weighted by Gasteiger charge is -2.60. The molecule has 4 amide bonds. The van der Waals surface area contributed by atoms with Crippen LogP contribution in [0.3, 0.4) is 0 Å². The Morgan fingerprint density at radius 1 is 0.800 bits per heavy atom.